The third-order valence-electron chi connectivity index (χ3n) is 4.16. The fourth-order valence-corrected chi connectivity index (χ4v) is 2.75. The van der Waals surface area contributed by atoms with Gasteiger partial charge in [-0.3, -0.25) is 14.9 Å². The van der Waals surface area contributed by atoms with Gasteiger partial charge in [-0.15, -0.1) is 0 Å². The maximum absolute atomic E-state index is 12.4. The molecule has 0 unspecified atom stereocenters. The van der Waals surface area contributed by atoms with Crippen molar-refractivity contribution in [2.75, 3.05) is 11.9 Å². The second-order valence-corrected chi connectivity index (χ2v) is 6.47. The quantitative estimate of drug-likeness (QED) is 0.789. The molecule has 134 valence electrons. The highest BCUT2D eigenvalue weighted by atomic mass is 35.5. The number of carbonyl (C=O) groups is 3. The Hall–Kier alpha value is -2.86. The number of esters is 1. The Bertz CT molecular complexity index is 817. The molecule has 0 bridgehead atoms. The molecule has 0 atom stereocenters. The molecule has 1 fully saturated rings. The third-order valence-corrected chi connectivity index (χ3v) is 4.41. The van der Waals surface area contributed by atoms with E-state index in [0.717, 1.165) is 5.56 Å². The van der Waals surface area contributed by atoms with E-state index >= 15 is 0 Å². The first-order valence-electron chi connectivity index (χ1n) is 8.09. The van der Waals surface area contributed by atoms with E-state index in [1.807, 2.05) is 6.07 Å². The van der Waals surface area contributed by atoms with Crippen molar-refractivity contribution in [2.45, 2.75) is 18.3 Å². The number of ether oxygens (including phenoxy) is 1. The number of urea groups is 1. The summed E-state index contributed by atoms with van der Waals surface area (Å²) < 4.78 is 5.10. The van der Waals surface area contributed by atoms with Crippen molar-refractivity contribution in [1.29, 1.82) is 0 Å². The van der Waals surface area contributed by atoms with Gasteiger partial charge in [0.15, 0.2) is 6.61 Å². The number of carbonyl (C=O) groups excluding carboxylic acids is 3. The molecule has 0 saturated heterocycles. The van der Waals surface area contributed by atoms with Gasteiger partial charge in [-0.25, -0.2) is 4.79 Å². The van der Waals surface area contributed by atoms with Gasteiger partial charge in [0.2, 0.25) is 0 Å². The Kier molecular flexibility index (Phi) is 5.23. The highest BCUT2D eigenvalue weighted by Gasteiger charge is 2.52. The van der Waals surface area contributed by atoms with Crippen LogP contribution in [0.4, 0.5) is 10.5 Å². The summed E-state index contributed by atoms with van der Waals surface area (Å²) in [6.07, 6.45) is 1.31. The van der Waals surface area contributed by atoms with Crippen LogP contribution in [0.2, 0.25) is 5.02 Å². The molecule has 7 heteroatoms. The lowest BCUT2D eigenvalue weighted by Crippen LogP contribution is -2.38. The second-order valence-electron chi connectivity index (χ2n) is 6.03. The number of imide groups is 1. The fraction of sp³-hybridized carbons (Fsp3) is 0.211. The molecule has 2 aromatic carbocycles. The fourth-order valence-electron chi connectivity index (χ4n) is 2.62. The summed E-state index contributed by atoms with van der Waals surface area (Å²) in [5, 5.41) is 5.21. The second kappa shape index (κ2) is 7.58. The monoisotopic (exact) mass is 372 g/mol. The van der Waals surface area contributed by atoms with Crippen molar-refractivity contribution < 1.29 is 19.1 Å². The topological polar surface area (TPSA) is 84.5 Å². The molecule has 6 nitrogen and oxygen atoms in total. The zero-order chi connectivity index (χ0) is 18.6. The highest BCUT2D eigenvalue weighted by Crippen LogP contribution is 2.49. The van der Waals surface area contributed by atoms with Gasteiger partial charge in [-0.05, 0) is 42.7 Å². The van der Waals surface area contributed by atoms with Gasteiger partial charge >= 0.3 is 12.0 Å². The average Bonchev–Trinajstić information content (AvgIpc) is 3.43. The lowest BCUT2D eigenvalue weighted by atomic mass is 9.96. The zero-order valence-electron chi connectivity index (χ0n) is 13.8. The number of hydrogen-bond donors (Lipinski definition) is 2. The highest BCUT2D eigenvalue weighted by molar-refractivity contribution is 6.30. The molecule has 0 aromatic heterocycles. The van der Waals surface area contributed by atoms with Crippen molar-refractivity contribution in [2.24, 2.45) is 0 Å². The Morgan fingerprint density at radius 3 is 2.27 bits per heavy atom. The number of benzene rings is 2. The largest absolute Gasteiger partial charge is 0.455 e. The van der Waals surface area contributed by atoms with E-state index in [1.54, 1.807) is 48.5 Å². The van der Waals surface area contributed by atoms with Crippen LogP contribution in [0.25, 0.3) is 0 Å². The van der Waals surface area contributed by atoms with Crippen molar-refractivity contribution >= 4 is 35.2 Å². The number of amides is 3. The molecule has 3 rings (SSSR count). The van der Waals surface area contributed by atoms with E-state index in [9.17, 15) is 14.4 Å². The lowest BCUT2D eigenvalue weighted by Gasteiger charge is -2.15. The summed E-state index contributed by atoms with van der Waals surface area (Å²) in [6, 6.07) is 15.0. The van der Waals surface area contributed by atoms with Gasteiger partial charge in [0, 0.05) is 10.7 Å². The first-order chi connectivity index (χ1) is 12.5. The van der Waals surface area contributed by atoms with E-state index in [2.05, 4.69) is 10.6 Å². The van der Waals surface area contributed by atoms with Crippen LogP contribution < -0.4 is 10.6 Å². The van der Waals surface area contributed by atoms with E-state index in [4.69, 9.17) is 16.3 Å². The molecule has 1 saturated carbocycles. The van der Waals surface area contributed by atoms with Crippen molar-refractivity contribution in [1.82, 2.24) is 5.32 Å². The van der Waals surface area contributed by atoms with Gasteiger partial charge in [0.05, 0.1) is 5.41 Å². The number of rotatable bonds is 5. The molecular formula is C19H17ClN2O4. The summed E-state index contributed by atoms with van der Waals surface area (Å²) in [7, 11) is 0. The predicted octanol–water partition coefficient (Wildman–Crippen LogP) is 3.26. The zero-order valence-corrected chi connectivity index (χ0v) is 14.6. The Morgan fingerprint density at radius 1 is 1.00 bits per heavy atom. The summed E-state index contributed by atoms with van der Waals surface area (Å²) in [6.45, 7) is -0.517. The molecule has 2 aromatic rings. The molecular weight excluding hydrogens is 356 g/mol. The maximum Gasteiger partial charge on any atom is 0.325 e. The van der Waals surface area contributed by atoms with Gasteiger partial charge in [0.1, 0.15) is 0 Å². The van der Waals surface area contributed by atoms with Crippen LogP contribution in [0.15, 0.2) is 54.6 Å². The van der Waals surface area contributed by atoms with Crippen LogP contribution in [0.3, 0.4) is 0 Å². The minimum absolute atomic E-state index is 0.474. The SMILES string of the molecule is O=C(COC(=O)C1(c2ccc(Cl)cc2)CC1)NC(=O)Nc1ccccc1. The number of para-hydroxylation sites is 1. The minimum atomic E-state index is -0.711. The molecule has 3 amide bonds. The molecule has 26 heavy (non-hydrogen) atoms. The summed E-state index contributed by atoms with van der Waals surface area (Å²) in [5.41, 5.74) is 0.653. The predicted molar refractivity (Wildman–Crippen MR) is 96.9 cm³/mol. The van der Waals surface area contributed by atoms with E-state index in [1.165, 1.54) is 0 Å². The van der Waals surface area contributed by atoms with Crippen molar-refractivity contribution in [3.05, 3.63) is 65.2 Å². The molecule has 0 spiro atoms. The molecule has 0 heterocycles. The molecule has 1 aliphatic rings. The number of halogens is 1. The maximum atomic E-state index is 12.4. The van der Waals surface area contributed by atoms with Crippen LogP contribution >= 0.6 is 11.6 Å². The Labute approximate surface area is 155 Å². The van der Waals surface area contributed by atoms with Crippen LogP contribution in [0.1, 0.15) is 18.4 Å². The number of hydrogen-bond acceptors (Lipinski definition) is 4. The molecule has 1 aliphatic carbocycles. The van der Waals surface area contributed by atoms with Gasteiger partial charge in [-0.2, -0.15) is 0 Å². The first kappa shape index (κ1) is 17.9. The molecule has 2 N–H and O–H groups in total. The average molecular weight is 373 g/mol. The van der Waals surface area contributed by atoms with Crippen LogP contribution in [0, 0.1) is 0 Å². The van der Waals surface area contributed by atoms with E-state index < -0.39 is 29.9 Å². The Morgan fingerprint density at radius 2 is 1.65 bits per heavy atom. The summed E-state index contributed by atoms with van der Waals surface area (Å²) in [5.74, 6) is -1.17. The normalized spacial score (nSPS) is 14.2. The van der Waals surface area contributed by atoms with Gasteiger partial charge in [0.25, 0.3) is 5.91 Å². The van der Waals surface area contributed by atoms with E-state index in [-0.39, 0.29) is 0 Å². The van der Waals surface area contributed by atoms with Gasteiger partial charge < -0.3 is 10.1 Å². The lowest BCUT2D eigenvalue weighted by molar-refractivity contribution is -0.150. The van der Waals surface area contributed by atoms with Gasteiger partial charge in [-0.1, -0.05) is 41.9 Å². The number of anilines is 1. The summed E-state index contributed by atoms with van der Waals surface area (Å²) >= 11 is 5.86. The minimum Gasteiger partial charge on any atom is -0.455 e. The summed E-state index contributed by atoms with van der Waals surface area (Å²) in [4.78, 5) is 35.9. The third kappa shape index (κ3) is 4.21. The smallest absolute Gasteiger partial charge is 0.325 e. The van der Waals surface area contributed by atoms with Crippen LogP contribution in [-0.2, 0) is 19.7 Å². The van der Waals surface area contributed by atoms with E-state index in [0.29, 0.717) is 23.6 Å². The first-order valence-corrected chi connectivity index (χ1v) is 8.46. The van der Waals surface area contributed by atoms with Crippen LogP contribution in [0.5, 0.6) is 0 Å². The Balaban J connectivity index is 1.49. The molecule has 0 aliphatic heterocycles. The van der Waals surface area contributed by atoms with Crippen molar-refractivity contribution in [3.63, 3.8) is 0 Å². The molecule has 0 radical (unpaired) electrons. The van der Waals surface area contributed by atoms with Crippen LogP contribution in [-0.4, -0.2) is 24.5 Å². The van der Waals surface area contributed by atoms with Crippen molar-refractivity contribution in [3.8, 4) is 0 Å². The number of nitrogens with one attached hydrogen (secondary N) is 2. The standard InChI is InChI=1S/C19H17ClN2O4/c20-14-8-6-13(7-9-14)19(10-11-19)17(24)26-12-16(23)22-18(25)21-15-4-2-1-3-5-15/h1-9H,10-12H2,(H2,21,22,23,25).